The van der Waals surface area contributed by atoms with Crippen molar-refractivity contribution in [2.24, 2.45) is 0 Å². The summed E-state index contributed by atoms with van der Waals surface area (Å²) in [6.07, 6.45) is 0. The molecule has 0 aromatic heterocycles. The van der Waals surface area contributed by atoms with Crippen molar-refractivity contribution >= 4 is 16.0 Å². The van der Waals surface area contributed by atoms with Gasteiger partial charge in [0.25, 0.3) is 0 Å². The Morgan fingerprint density at radius 3 is 2.22 bits per heavy atom. The molecule has 2 aromatic carbocycles. The largest absolute Gasteiger partial charge is 0.497 e. The van der Waals surface area contributed by atoms with Gasteiger partial charge >= 0.3 is 5.97 Å². The molecule has 2 aromatic rings. The highest BCUT2D eigenvalue weighted by Crippen LogP contribution is 2.26. The van der Waals surface area contributed by atoms with E-state index in [1.807, 2.05) is 6.92 Å². The third-order valence-corrected chi connectivity index (χ3v) is 5.38. The molecule has 0 spiro atoms. The Labute approximate surface area is 159 Å². The Hall–Kier alpha value is -2.64. The highest BCUT2D eigenvalue weighted by atomic mass is 32.2. The molecule has 0 saturated heterocycles. The lowest BCUT2D eigenvalue weighted by Crippen LogP contribution is -2.32. The standard InChI is InChI=1S/C20H23NO5S/c1-5-26-20(22)15(3)19(16-8-10-17(25-4)11-9-16)21-27(23,24)18-12-6-14(2)7-13-18/h6-13,19,21H,3,5H2,1-2,4H3. The highest BCUT2D eigenvalue weighted by Gasteiger charge is 2.27. The first kappa shape index (κ1) is 20.7. The molecule has 1 N–H and O–H groups in total. The number of ether oxygens (including phenoxy) is 2. The smallest absolute Gasteiger partial charge is 0.335 e. The maximum Gasteiger partial charge on any atom is 0.335 e. The van der Waals surface area contributed by atoms with Crippen molar-refractivity contribution in [3.8, 4) is 5.75 Å². The molecule has 7 heteroatoms. The molecular formula is C20H23NO5S. The first-order valence-electron chi connectivity index (χ1n) is 8.37. The fourth-order valence-corrected chi connectivity index (χ4v) is 3.64. The summed E-state index contributed by atoms with van der Waals surface area (Å²) in [4.78, 5) is 12.3. The van der Waals surface area contributed by atoms with E-state index in [0.29, 0.717) is 11.3 Å². The quantitative estimate of drug-likeness (QED) is 0.554. The third kappa shape index (κ3) is 5.18. The summed E-state index contributed by atoms with van der Waals surface area (Å²) in [6.45, 7) is 7.45. The zero-order valence-electron chi connectivity index (χ0n) is 15.6. The average Bonchev–Trinajstić information content (AvgIpc) is 2.66. The van der Waals surface area contributed by atoms with Crippen LogP contribution in [-0.2, 0) is 19.6 Å². The summed E-state index contributed by atoms with van der Waals surface area (Å²) in [5.41, 5.74) is 1.49. The minimum atomic E-state index is -3.88. The summed E-state index contributed by atoms with van der Waals surface area (Å²) in [7, 11) is -2.35. The normalized spacial score (nSPS) is 12.3. The number of rotatable bonds is 8. The van der Waals surface area contributed by atoms with Gasteiger partial charge in [-0.25, -0.2) is 13.2 Å². The molecule has 0 aliphatic rings. The lowest BCUT2D eigenvalue weighted by atomic mass is 10.0. The average molecular weight is 389 g/mol. The molecule has 0 amide bonds. The van der Waals surface area contributed by atoms with E-state index in [9.17, 15) is 13.2 Å². The zero-order valence-corrected chi connectivity index (χ0v) is 16.4. The van der Waals surface area contributed by atoms with Crippen LogP contribution in [0, 0.1) is 6.92 Å². The van der Waals surface area contributed by atoms with E-state index in [-0.39, 0.29) is 17.1 Å². The fourth-order valence-electron chi connectivity index (χ4n) is 2.42. The Balaban J connectivity index is 2.40. The monoisotopic (exact) mass is 389 g/mol. The van der Waals surface area contributed by atoms with Gasteiger partial charge in [0.15, 0.2) is 0 Å². The van der Waals surface area contributed by atoms with Crippen LogP contribution in [0.2, 0.25) is 0 Å². The number of benzene rings is 2. The van der Waals surface area contributed by atoms with Crippen LogP contribution < -0.4 is 9.46 Å². The van der Waals surface area contributed by atoms with Crippen LogP contribution in [0.25, 0.3) is 0 Å². The van der Waals surface area contributed by atoms with Crippen molar-refractivity contribution in [2.45, 2.75) is 24.8 Å². The van der Waals surface area contributed by atoms with Gasteiger partial charge in [0.1, 0.15) is 5.75 Å². The topological polar surface area (TPSA) is 81.7 Å². The van der Waals surface area contributed by atoms with E-state index in [2.05, 4.69) is 11.3 Å². The van der Waals surface area contributed by atoms with Gasteiger partial charge in [-0.15, -0.1) is 0 Å². The third-order valence-electron chi connectivity index (χ3n) is 3.94. The maximum atomic E-state index is 12.8. The number of hydrogen-bond acceptors (Lipinski definition) is 5. The van der Waals surface area contributed by atoms with Gasteiger partial charge in [0, 0.05) is 0 Å². The van der Waals surface area contributed by atoms with E-state index in [0.717, 1.165) is 5.56 Å². The number of sulfonamides is 1. The second-order valence-corrected chi connectivity index (χ2v) is 7.60. The number of carbonyl (C=O) groups excluding carboxylic acids is 1. The number of hydrogen-bond donors (Lipinski definition) is 1. The van der Waals surface area contributed by atoms with Gasteiger partial charge < -0.3 is 9.47 Å². The summed E-state index contributed by atoms with van der Waals surface area (Å²) in [5.74, 6) is -0.0504. The van der Waals surface area contributed by atoms with Crippen molar-refractivity contribution in [1.82, 2.24) is 4.72 Å². The molecule has 0 bridgehead atoms. The number of nitrogens with one attached hydrogen (secondary N) is 1. The molecule has 1 atom stereocenters. The fraction of sp³-hybridized carbons (Fsp3) is 0.250. The zero-order chi connectivity index (χ0) is 20.0. The molecule has 0 fully saturated rings. The van der Waals surface area contributed by atoms with Crippen LogP contribution >= 0.6 is 0 Å². The molecular weight excluding hydrogens is 366 g/mol. The van der Waals surface area contributed by atoms with Crippen molar-refractivity contribution < 1.29 is 22.7 Å². The van der Waals surface area contributed by atoms with E-state index in [1.165, 1.54) is 19.2 Å². The Morgan fingerprint density at radius 1 is 1.11 bits per heavy atom. The number of aryl methyl sites for hydroxylation is 1. The summed E-state index contributed by atoms with van der Waals surface area (Å²) in [6, 6.07) is 12.2. The molecule has 2 rings (SSSR count). The molecule has 27 heavy (non-hydrogen) atoms. The lowest BCUT2D eigenvalue weighted by Gasteiger charge is -2.21. The Kier molecular flexibility index (Phi) is 6.76. The van der Waals surface area contributed by atoms with E-state index >= 15 is 0 Å². The second-order valence-electron chi connectivity index (χ2n) is 5.89. The van der Waals surface area contributed by atoms with Gasteiger partial charge in [-0.1, -0.05) is 36.4 Å². The number of esters is 1. The molecule has 144 valence electrons. The predicted molar refractivity (Wildman–Crippen MR) is 103 cm³/mol. The SMILES string of the molecule is C=C(C(=O)OCC)C(NS(=O)(=O)c1ccc(C)cc1)c1ccc(OC)cc1. The van der Waals surface area contributed by atoms with Gasteiger partial charge in [-0.3, -0.25) is 0 Å². The van der Waals surface area contributed by atoms with Crippen LogP contribution in [0.3, 0.4) is 0 Å². The van der Waals surface area contributed by atoms with Crippen molar-refractivity contribution in [1.29, 1.82) is 0 Å². The summed E-state index contributed by atoms with van der Waals surface area (Å²) >= 11 is 0. The maximum absolute atomic E-state index is 12.8. The van der Waals surface area contributed by atoms with Gasteiger partial charge in [0.2, 0.25) is 10.0 Å². The molecule has 0 heterocycles. The molecule has 0 saturated carbocycles. The van der Waals surface area contributed by atoms with Crippen LogP contribution in [0.4, 0.5) is 0 Å². The highest BCUT2D eigenvalue weighted by molar-refractivity contribution is 7.89. The Bertz CT molecular complexity index is 902. The molecule has 1 unspecified atom stereocenters. The second kappa shape index (κ2) is 8.83. The van der Waals surface area contributed by atoms with Crippen LogP contribution in [-0.4, -0.2) is 28.1 Å². The molecule has 6 nitrogen and oxygen atoms in total. The van der Waals surface area contributed by atoms with Crippen LogP contribution in [0.1, 0.15) is 24.1 Å². The van der Waals surface area contributed by atoms with Crippen LogP contribution in [0.15, 0.2) is 65.6 Å². The summed E-state index contributed by atoms with van der Waals surface area (Å²) < 4.78 is 38.3. The van der Waals surface area contributed by atoms with Gasteiger partial charge in [0.05, 0.1) is 30.2 Å². The van der Waals surface area contributed by atoms with Gasteiger partial charge in [-0.2, -0.15) is 4.72 Å². The van der Waals surface area contributed by atoms with E-state index < -0.39 is 22.0 Å². The first-order valence-corrected chi connectivity index (χ1v) is 9.85. The summed E-state index contributed by atoms with van der Waals surface area (Å²) in [5, 5.41) is 0. The minimum Gasteiger partial charge on any atom is -0.497 e. The Morgan fingerprint density at radius 2 is 1.70 bits per heavy atom. The van der Waals surface area contributed by atoms with E-state index in [4.69, 9.17) is 9.47 Å². The molecule has 0 aliphatic heterocycles. The molecule has 0 aliphatic carbocycles. The predicted octanol–water partition coefficient (Wildman–Crippen LogP) is 3.14. The first-order chi connectivity index (χ1) is 12.8. The van der Waals surface area contributed by atoms with Gasteiger partial charge in [-0.05, 0) is 43.7 Å². The number of carbonyl (C=O) groups is 1. The van der Waals surface area contributed by atoms with Crippen molar-refractivity contribution in [3.63, 3.8) is 0 Å². The minimum absolute atomic E-state index is 0.00213. The molecule has 0 radical (unpaired) electrons. The lowest BCUT2D eigenvalue weighted by molar-refractivity contribution is -0.138. The van der Waals surface area contributed by atoms with Crippen molar-refractivity contribution in [3.05, 3.63) is 71.8 Å². The van der Waals surface area contributed by atoms with Crippen molar-refractivity contribution in [2.75, 3.05) is 13.7 Å². The van der Waals surface area contributed by atoms with Crippen LogP contribution in [0.5, 0.6) is 5.75 Å². The number of methoxy groups -OCH3 is 1. The van der Waals surface area contributed by atoms with E-state index in [1.54, 1.807) is 43.3 Å².